The van der Waals surface area contributed by atoms with E-state index in [0.717, 1.165) is 6.04 Å². The second-order valence-electron chi connectivity index (χ2n) is 5.94. The highest BCUT2D eigenvalue weighted by Crippen LogP contribution is 2.15. The van der Waals surface area contributed by atoms with Gasteiger partial charge >= 0.3 is 0 Å². The van der Waals surface area contributed by atoms with E-state index in [-0.39, 0.29) is 0 Å². The molecule has 0 aromatic carbocycles. The molecule has 0 saturated carbocycles. The zero-order chi connectivity index (χ0) is 13.4. The molecule has 1 aliphatic rings. The third-order valence-electron chi connectivity index (χ3n) is 4.09. The van der Waals surface area contributed by atoms with E-state index in [1.54, 1.807) is 0 Å². The van der Waals surface area contributed by atoms with Crippen molar-refractivity contribution in [3.63, 3.8) is 0 Å². The van der Waals surface area contributed by atoms with E-state index in [1.807, 2.05) is 0 Å². The van der Waals surface area contributed by atoms with Crippen molar-refractivity contribution in [3.8, 4) is 0 Å². The summed E-state index contributed by atoms with van der Waals surface area (Å²) in [6.07, 6.45) is 6.51. The highest BCUT2D eigenvalue weighted by molar-refractivity contribution is 4.80. The first-order chi connectivity index (χ1) is 8.67. The molecule has 1 aliphatic heterocycles. The molecular formula is C15H33N3. The van der Waals surface area contributed by atoms with Crippen LogP contribution in [0.25, 0.3) is 0 Å². The molecule has 1 fully saturated rings. The van der Waals surface area contributed by atoms with Gasteiger partial charge in [-0.2, -0.15) is 0 Å². The van der Waals surface area contributed by atoms with Crippen LogP contribution in [0.4, 0.5) is 0 Å². The van der Waals surface area contributed by atoms with Gasteiger partial charge in [-0.25, -0.2) is 0 Å². The summed E-state index contributed by atoms with van der Waals surface area (Å²) < 4.78 is 0. The Morgan fingerprint density at radius 3 is 2.33 bits per heavy atom. The van der Waals surface area contributed by atoms with Gasteiger partial charge in [0.25, 0.3) is 0 Å². The lowest BCUT2D eigenvalue weighted by Gasteiger charge is -2.37. The maximum Gasteiger partial charge on any atom is 0.0194 e. The van der Waals surface area contributed by atoms with Crippen molar-refractivity contribution < 1.29 is 0 Å². The van der Waals surface area contributed by atoms with Crippen molar-refractivity contribution in [1.29, 1.82) is 0 Å². The quantitative estimate of drug-likeness (QED) is 0.717. The van der Waals surface area contributed by atoms with Crippen molar-refractivity contribution in [1.82, 2.24) is 15.1 Å². The molecule has 1 heterocycles. The Bertz CT molecular complexity index is 198. The summed E-state index contributed by atoms with van der Waals surface area (Å²) in [6.45, 7) is 9.50. The standard InChI is InChI=1S/C15H33N3/c1-5-7-14(16-10-6-2)13-18-11-8-15(9-12-18)17(3)4/h14-16H,5-13H2,1-4H3. The lowest BCUT2D eigenvalue weighted by atomic mass is 10.0. The molecule has 1 unspecified atom stereocenters. The van der Waals surface area contributed by atoms with Crippen molar-refractivity contribution in [2.75, 3.05) is 40.3 Å². The SMILES string of the molecule is CCCNC(CCC)CN1CCC(N(C)C)CC1. The average Bonchev–Trinajstić information content (AvgIpc) is 2.37. The van der Waals surface area contributed by atoms with E-state index < -0.39 is 0 Å². The number of nitrogens with zero attached hydrogens (tertiary/aromatic N) is 2. The van der Waals surface area contributed by atoms with E-state index in [4.69, 9.17) is 0 Å². The second kappa shape index (κ2) is 8.89. The minimum absolute atomic E-state index is 0.700. The lowest BCUT2D eigenvalue weighted by Crippen LogP contribution is -2.47. The number of likely N-dealkylation sites (tertiary alicyclic amines) is 1. The van der Waals surface area contributed by atoms with Crippen LogP contribution >= 0.6 is 0 Å². The number of rotatable bonds is 8. The van der Waals surface area contributed by atoms with Gasteiger partial charge in [0.2, 0.25) is 0 Å². The molecule has 0 aromatic heterocycles. The summed E-state index contributed by atoms with van der Waals surface area (Å²) in [7, 11) is 4.42. The summed E-state index contributed by atoms with van der Waals surface area (Å²) in [4.78, 5) is 5.04. The molecule has 1 rings (SSSR count). The molecule has 1 N–H and O–H groups in total. The van der Waals surface area contributed by atoms with Gasteiger partial charge in [-0.1, -0.05) is 20.3 Å². The molecule has 0 aromatic rings. The van der Waals surface area contributed by atoms with Gasteiger partial charge in [0.05, 0.1) is 0 Å². The second-order valence-corrected chi connectivity index (χ2v) is 5.94. The van der Waals surface area contributed by atoms with Gasteiger partial charge in [0.1, 0.15) is 0 Å². The molecule has 0 amide bonds. The molecule has 108 valence electrons. The van der Waals surface area contributed by atoms with Gasteiger partial charge in [-0.3, -0.25) is 0 Å². The molecule has 0 radical (unpaired) electrons. The van der Waals surface area contributed by atoms with E-state index in [2.05, 4.69) is 43.1 Å². The van der Waals surface area contributed by atoms with E-state index >= 15 is 0 Å². The fraction of sp³-hybridized carbons (Fsp3) is 1.00. The zero-order valence-corrected chi connectivity index (χ0v) is 12.9. The highest BCUT2D eigenvalue weighted by atomic mass is 15.2. The van der Waals surface area contributed by atoms with Crippen LogP contribution in [-0.2, 0) is 0 Å². The Morgan fingerprint density at radius 1 is 1.17 bits per heavy atom. The summed E-state index contributed by atoms with van der Waals surface area (Å²) in [5, 5.41) is 3.70. The van der Waals surface area contributed by atoms with Crippen LogP contribution in [0.15, 0.2) is 0 Å². The maximum atomic E-state index is 3.70. The molecule has 18 heavy (non-hydrogen) atoms. The van der Waals surface area contributed by atoms with Gasteiger partial charge in [0.15, 0.2) is 0 Å². The van der Waals surface area contributed by atoms with Gasteiger partial charge in [-0.05, 0) is 59.4 Å². The molecular weight excluding hydrogens is 222 g/mol. The van der Waals surface area contributed by atoms with Crippen molar-refractivity contribution >= 4 is 0 Å². The van der Waals surface area contributed by atoms with Crippen molar-refractivity contribution in [3.05, 3.63) is 0 Å². The van der Waals surface area contributed by atoms with Crippen LogP contribution in [-0.4, -0.2) is 62.2 Å². The van der Waals surface area contributed by atoms with Crippen LogP contribution in [0.1, 0.15) is 46.0 Å². The molecule has 0 aliphatic carbocycles. The van der Waals surface area contributed by atoms with Crippen LogP contribution in [0.2, 0.25) is 0 Å². The van der Waals surface area contributed by atoms with Gasteiger partial charge in [0, 0.05) is 18.6 Å². The van der Waals surface area contributed by atoms with Gasteiger partial charge < -0.3 is 15.1 Å². The van der Waals surface area contributed by atoms with E-state index in [1.165, 1.54) is 58.3 Å². The Balaban J connectivity index is 2.27. The molecule has 0 bridgehead atoms. The van der Waals surface area contributed by atoms with E-state index in [9.17, 15) is 0 Å². The highest BCUT2D eigenvalue weighted by Gasteiger charge is 2.22. The number of hydrogen-bond donors (Lipinski definition) is 1. The zero-order valence-electron chi connectivity index (χ0n) is 12.9. The molecule has 1 atom stereocenters. The molecule has 3 heteroatoms. The van der Waals surface area contributed by atoms with Crippen LogP contribution < -0.4 is 5.32 Å². The predicted octanol–water partition coefficient (Wildman–Crippen LogP) is 2.18. The lowest BCUT2D eigenvalue weighted by molar-refractivity contribution is 0.133. The third kappa shape index (κ3) is 5.68. The number of nitrogens with one attached hydrogen (secondary N) is 1. The smallest absolute Gasteiger partial charge is 0.0194 e. The maximum absolute atomic E-state index is 3.70. The van der Waals surface area contributed by atoms with Crippen LogP contribution in [0.3, 0.4) is 0 Å². The first-order valence-corrected chi connectivity index (χ1v) is 7.79. The topological polar surface area (TPSA) is 18.5 Å². The molecule has 0 spiro atoms. The van der Waals surface area contributed by atoms with Crippen LogP contribution in [0, 0.1) is 0 Å². The third-order valence-corrected chi connectivity index (χ3v) is 4.09. The van der Waals surface area contributed by atoms with E-state index in [0.29, 0.717) is 6.04 Å². The monoisotopic (exact) mass is 255 g/mol. The summed E-state index contributed by atoms with van der Waals surface area (Å²) in [6, 6.07) is 1.50. The number of hydrogen-bond acceptors (Lipinski definition) is 3. The minimum atomic E-state index is 0.700. The Labute approximate surface area is 114 Å². The summed E-state index contributed by atoms with van der Waals surface area (Å²) in [5.41, 5.74) is 0. The summed E-state index contributed by atoms with van der Waals surface area (Å²) >= 11 is 0. The molecule has 1 saturated heterocycles. The number of piperidine rings is 1. The minimum Gasteiger partial charge on any atom is -0.313 e. The largest absolute Gasteiger partial charge is 0.313 e. The van der Waals surface area contributed by atoms with Crippen molar-refractivity contribution in [2.45, 2.75) is 58.0 Å². The first-order valence-electron chi connectivity index (χ1n) is 7.79. The average molecular weight is 255 g/mol. The predicted molar refractivity (Wildman–Crippen MR) is 80.1 cm³/mol. The Kier molecular flexibility index (Phi) is 7.87. The fourth-order valence-electron chi connectivity index (χ4n) is 2.88. The van der Waals surface area contributed by atoms with Crippen LogP contribution in [0.5, 0.6) is 0 Å². The Morgan fingerprint density at radius 2 is 1.83 bits per heavy atom. The summed E-state index contributed by atoms with van der Waals surface area (Å²) in [5.74, 6) is 0. The van der Waals surface area contributed by atoms with Crippen molar-refractivity contribution in [2.24, 2.45) is 0 Å². The molecule has 3 nitrogen and oxygen atoms in total. The van der Waals surface area contributed by atoms with Gasteiger partial charge in [-0.15, -0.1) is 0 Å². The Hall–Kier alpha value is -0.120. The normalized spacial score (nSPS) is 20.5. The fourth-order valence-corrected chi connectivity index (χ4v) is 2.88. The first kappa shape index (κ1) is 15.9.